The topological polar surface area (TPSA) is 35.2 Å². The molecular weight excluding hydrogens is 150 g/mol. The van der Waals surface area contributed by atoms with E-state index in [9.17, 15) is 0 Å². The zero-order valence-electron chi connectivity index (χ0n) is 8.47. The van der Waals surface area contributed by atoms with Gasteiger partial charge in [-0.15, -0.1) is 0 Å². The molecule has 0 bridgehead atoms. The molecule has 1 rings (SSSR count). The number of nitrogens with two attached hydrogens (primary N) is 1. The average Bonchev–Trinajstić information content (AvgIpc) is 2.30. The highest BCUT2D eigenvalue weighted by molar-refractivity contribution is 4.81. The summed E-state index contributed by atoms with van der Waals surface area (Å²) >= 11 is 0. The molecule has 0 saturated carbocycles. The van der Waals surface area contributed by atoms with E-state index in [-0.39, 0.29) is 0 Å². The average molecular weight is 171 g/mol. The standard InChI is InChI=1S/C10H21NO/c1-8(6-11)4-9-5-10(2,3)7-12-9/h8-9H,4-7,11H2,1-3H3/t8-,9?/m0/s1. The molecule has 12 heavy (non-hydrogen) atoms. The van der Waals surface area contributed by atoms with Gasteiger partial charge in [0.2, 0.25) is 0 Å². The van der Waals surface area contributed by atoms with Crippen molar-refractivity contribution in [3.05, 3.63) is 0 Å². The van der Waals surface area contributed by atoms with Gasteiger partial charge in [0.15, 0.2) is 0 Å². The van der Waals surface area contributed by atoms with Gasteiger partial charge in [0, 0.05) is 0 Å². The van der Waals surface area contributed by atoms with Gasteiger partial charge in [-0.2, -0.15) is 0 Å². The van der Waals surface area contributed by atoms with Crippen LogP contribution in [0.5, 0.6) is 0 Å². The Morgan fingerprint density at radius 1 is 1.58 bits per heavy atom. The molecule has 1 fully saturated rings. The zero-order chi connectivity index (χ0) is 9.19. The third kappa shape index (κ3) is 2.76. The Balaban J connectivity index is 2.28. The molecule has 1 saturated heterocycles. The van der Waals surface area contributed by atoms with E-state index in [1.165, 1.54) is 6.42 Å². The first-order valence-corrected chi connectivity index (χ1v) is 4.85. The van der Waals surface area contributed by atoms with Gasteiger partial charge in [0.05, 0.1) is 12.7 Å². The summed E-state index contributed by atoms with van der Waals surface area (Å²) in [6.45, 7) is 8.41. The van der Waals surface area contributed by atoms with Crippen LogP contribution in [0.25, 0.3) is 0 Å². The summed E-state index contributed by atoms with van der Waals surface area (Å²) in [6, 6.07) is 0. The van der Waals surface area contributed by atoms with Gasteiger partial charge in [0.25, 0.3) is 0 Å². The number of hydrogen-bond donors (Lipinski definition) is 1. The van der Waals surface area contributed by atoms with Crippen LogP contribution in [-0.2, 0) is 4.74 Å². The summed E-state index contributed by atoms with van der Waals surface area (Å²) in [4.78, 5) is 0. The molecule has 72 valence electrons. The molecule has 2 atom stereocenters. The van der Waals surface area contributed by atoms with Crippen LogP contribution in [-0.4, -0.2) is 19.3 Å². The molecule has 0 aromatic rings. The lowest BCUT2D eigenvalue weighted by molar-refractivity contribution is 0.0842. The summed E-state index contributed by atoms with van der Waals surface area (Å²) in [7, 11) is 0. The van der Waals surface area contributed by atoms with Gasteiger partial charge in [-0.05, 0) is 30.7 Å². The molecule has 2 nitrogen and oxygen atoms in total. The highest BCUT2D eigenvalue weighted by Crippen LogP contribution is 2.33. The van der Waals surface area contributed by atoms with Crippen LogP contribution in [0.15, 0.2) is 0 Å². The van der Waals surface area contributed by atoms with Gasteiger partial charge in [-0.25, -0.2) is 0 Å². The minimum atomic E-state index is 0.388. The second kappa shape index (κ2) is 3.75. The lowest BCUT2D eigenvalue weighted by Gasteiger charge is -2.16. The quantitative estimate of drug-likeness (QED) is 0.702. The van der Waals surface area contributed by atoms with Gasteiger partial charge >= 0.3 is 0 Å². The highest BCUT2D eigenvalue weighted by Gasteiger charge is 2.32. The molecule has 1 aliphatic heterocycles. The Morgan fingerprint density at radius 2 is 2.25 bits per heavy atom. The van der Waals surface area contributed by atoms with E-state index in [0.29, 0.717) is 17.4 Å². The van der Waals surface area contributed by atoms with Crippen LogP contribution in [0.4, 0.5) is 0 Å². The van der Waals surface area contributed by atoms with E-state index in [2.05, 4.69) is 20.8 Å². The van der Waals surface area contributed by atoms with Crippen molar-refractivity contribution in [2.24, 2.45) is 17.1 Å². The van der Waals surface area contributed by atoms with E-state index in [1.807, 2.05) is 0 Å². The van der Waals surface area contributed by atoms with Crippen molar-refractivity contribution < 1.29 is 4.74 Å². The first kappa shape index (κ1) is 10.0. The molecule has 1 unspecified atom stereocenters. The fourth-order valence-corrected chi connectivity index (χ4v) is 1.77. The predicted molar refractivity (Wildman–Crippen MR) is 51.0 cm³/mol. The summed E-state index contributed by atoms with van der Waals surface area (Å²) < 4.78 is 5.69. The number of rotatable bonds is 3. The molecule has 0 aliphatic carbocycles. The van der Waals surface area contributed by atoms with Crippen LogP contribution in [0.1, 0.15) is 33.6 Å². The smallest absolute Gasteiger partial charge is 0.0584 e. The largest absolute Gasteiger partial charge is 0.378 e. The third-order valence-corrected chi connectivity index (χ3v) is 2.56. The van der Waals surface area contributed by atoms with Gasteiger partial charge in [-0.1, -0.05) is 20.8 Å². The Morgan fingerprint density at radius 3 is 2.67 bits per heavy atom. The second-order valence-electron chi connectivity index (χ2n) is 4.88. The van der Waals surface area contributed by atoms with E-state index in [4.69, 9.17) is 10.5 Å². The van der Waals surface area contributed by atoms with Crippen molar-refractivity contribution in [2.75, 3.05) is 13.2 Å². The van der Waals surface area contributed by atoms with Crippen molar-refractivity contribution in [1.82, 2.24) is 0 Å². The molecule has 1 heterocycles. The third-order valence-electron chi connectivity index (χ3n) is 2.56. The maximum atomic E-state index is 5.69. The fraction of sp³-hybridized carbons (Fsp3) is 1.00. The zero-order valence-corrected chi connectivity index (χ0v) is 8.47. The van der Waals surface area contributed by atoms with Gasteiger partial charge in [-0.3, -0.25) is 0 Å². The van der Waals surface area contributed by atoms with E-state index < -0.39 is 0 Å². The first-order chi connectivity index (χ1) is 5.53. The van der Waals surface area contributed by atoms with E-state index in [1.54, 1.807) is 0 Å². The van der Waals surface area contributed by atoms with E-state index >= 15 is 0 Å². The maximum Gasteiger partial charge on any atom is 0.0584 e. The minimum absolute atomic E-state index is 0.388. The summed E-state index contributed by atoms with van der Waals surface area (Å²) in [6.07, 6.45) is 2.77. The van der Waals surface area contributed by atoms with Gasteiger partial charge < -0.3 is 10.5 Å². The molecule has 0 spiro atoms. The summed E-state index contributed by atoms with van der Waals surface area (Å²) in [5, 5.41) is 0. The number of hydrogen-bond acceptors (Lipinski definition) is 2. The van der Waals surface area contributed by atoms with Crippen molar-refractivity contribution in [3.8, 4) is 0 Å². The van der Waals surface area contributed by atoms with Crippen LogP contribution in [0, 0.1) is 11.3 Å². The van der Waals surface area contributed by atoms with Crippen LogP contribution < -0.4 is 5.73 Å². The fourth-order valence-electron chi connectivity index (χ4n) is 1.77. The first-order valence-electron chi connectivity index (χ1n) is 4.85. The molecule has 0 aromatic carbocycles. The maximum absolute atomic E-state index is 5.69. The normalized spacial score (nSPS) is 30.5. The Labute approximate surface area is 75.5 Å². The molecule has 0 radical (unpaired) electrons. The van der Waals surface area contributed by atoms with Crippen LogP contribution >= 0.6 is 0 Å². The molecule has 0 aromatic heterocycles. The van der Waals surface area contributed by atoms with Gasteiger partial charge in [0.1, 0.15) is 0 Å². The summed E-state index contributed by atoms with van der Waals surface area (Å²) in [5.74, 6) is 0.601. The lowest BCUT2D eigenvalue weighted by Crippen LogP contribution is -2.18. The Kier molecular flexibility index (Phi) is 3.13. The summed E-state index contributed by atoms with van der Waals surface area (Å²) in [5.41, 5.74) is 5.95. The van der Waals surface area contributed by atoms with Crippen molar-refractivity contribution >= 4 is 0 Å². The molecule has 0 amide bonds. The number of ether oxygens (including phenoxy) is 1. The van der Waals surface area contributed by atoms with Crippen molar-refractivity contribution in [1.29, 1.82) is 0 Å². The second-order valence-corrected chi connectivity index (χ2v) is 4.88. The van der Waals surface area contributed by atoms with Crippen LogP contribution in [0.3, 0.4) is 0 Å². The predicted octanol–water partition coefficient (Wildman–Crippen LogP) is 1.79. The SMILES string of the molecule is C[C@H](CN)CC1CC(C)(C)CO1. The highest BCUT2D eigenvalue weighted by atomic mass is 16.5. The van der Waals surface area contributed by atoms with Crippen LogP contribution in [0.2, 0.25) is 0 Å². The van der Waals surface area contributed by atoms with Crippen molar-refractivity contribution in [3.63, 3.8) is 0 Å². The van der Waals surface area contributed by atoms with Crippen molar-refractivity contribution in [2.45, 2.75) is 39.7 Å². The minimum Gasteiger partial charge on any atom is -0.378 e. The molecular formula is C10H21NO. The lowest BCUT2D eigenvalue weighted by atomic mass is 9.88. The molecule has 1 aliphatic rings. The Bertz CT molecular complexity index is 145. The monoisotopic (exact) mass is 171 g/mol. The molecule has 2 heteroatoms. The molecule has 2 N–H and O–H groups in total. The van der Waals surface area contributed by atoms with E-state index in [0.717, 1.165) is 19.6 Å². The Hall–Kier alpha value is -0.0800.